The Kier molecular flexibility index (Phi) is 6.84. The van der Waals surface area contributed by atoms with Gasteiger partial charge in [-0.25, -0.2) is 14.6 Å². The van der Waals surface area contributed by atoms with Crippen LogP contribution in [0.3, 0.4) is 0 Å². The summed E-state index contributed by atoms with van der Waals surface area (Å²) in [7, 11) is 0. The molecule has 0 saturated carbocycles. The second-order valence-corrected chi connectivity index (χ2v) is 4.84. The van der Waals surface area contributed by atoms with E-state index in [-0.39, 0.29) is 0 Å². The van der Waals surface area contributed by atoms with Crippen LogP contribution in [-0.2, 0) is 9.53 Å². The van der Waals surface area contributed by atoms with Gasteiger partial charge in [0, 0.05) is 13.1 Å². The number of thioether (sulfide) groups is 1. The van der Waals surface area contributed by atoms with Crippen LogP contribution in [-0.4, -0.2) is 66.5 Å². The maximum atomic E-state index is 11.6. The first kappa shape index (κ1) is 15.1. The molecule has 0 aliphatic carbocycles. The van der Waals surface area contributed by atoms with Crippen molar-refractivity contribution in [2.45, 2.75) is 12.5 Å². The smallest absolute Gasteiger partial charge is 0.330 e. The van der Waals surface area contributed by atoms with E-state index in [4.69, 9.17) is 9.84 Å². The van der Waals surface area contributed by atoms with Gasteiger partial charge in [0.15, 0.2) is 0 Å². The molecule has 0 aromatic heterocycles. The molecule has 2 amide bonds. The number of carboxylic acids is 1. The van der Waals surface area contributed by atoms with Crippen LogP contribution in [0, 0.1) is 0 Å². The van der Waals surface area contributed by atoms with E-state index in [9.17, 15) is 9.59 Å². The SMILES string of the molecule is CSCC[C@@H](NC(=O)NN1CCOCC1)C(=O)O. The Balaban J connectivity index is 2.32. The summed E-state index contributed by atoms with van der Waals surface area (Å²) >= 11 is 1.55. The number of ether oxygens (including phenoxy) is 1. The van der Waals surface area contributed by atoms with Gasteiger partial charge in [-0.05, 0) is 18.4 Å². The van der Waals surface area contributed by atoms with E-state index in [2.05, 4.69) is 10.7 Å². The van der Waals surface area contributed by atoms with Gasteiger partial charge in [-0.15, -0.1) is 0 Å². The first-order chi connectivity index (χ1) is 8.63. The highest BCUT2D eigenvalue weighted by molar-refractivity contribution is 7.98. The molecule has 0 aromatic carbocycles. The highest BCUT2D eigenvalue weighted by Gasteiger charge is 2.20. The molecule has 1 fully saturated rings. The van der Waals surface area contributed by atoms with Gasteiger partial charge in [0.1, 0.15) is 6.04 Å². The van der Waals surface area contributed by atoms with Crippen molar-refractivity contribution in [2.75, 3.05) is 38.3 Å². The maximum Gasteiger partial charge on any atom is 0.330 e. The molecule has 0 radical (unpaired) electrons. The van der Waals surface area contributed by atoms with E-state index >= 15 is 0 Å². The lowest BCUT2D eigenvalue weighted by Gasteiger charge is -2.27. The number of morpholine rings is 1. The zero-order valence-corrected chi connectivity index (χ0v) is 11.2. The Morgan fingerprint density at radius 1 is 1.44 bits per heavy atom. The van der Waals surface area contributed by atoms with E-state index in [0.717, 1.165) is 0 Å². The van der Waals surface area contributed by atoms with Crippen LogP contribution >= 0.6 is 11.8 Å². The number of hydrogen-bond acceptors (Lipinski definition) is 5. The van der Waals surface area contributed by atoms with Gasteiger partial charge in [0.2, 0.25) is 0 Å². The van der Waals surface area contributed by atoms with E-state index in [1.165, 1.54) is 0 Å². The van der Waals surface area contributed by atoms with Crippen molar-refractivity contribution in [3.05, 3.63) is 0 Å². The molecule has 1 saturated heterocycles. The average molecular weight is 277 g/mol. The van der Waals surface area contributed by atoms with Crippen LogP contribution in [0.1, 0.15) is 6.42 Å². The molecule has 0 spiro atoms. The largest absolute Gasteiger partial charge is 0.480 e. The van der Waals surface area contributed by atoms with E-state index in [1.54, 1.807) is 16.8 Å². The third-order valence-electron chi connectivity index (χ3n) is 2.48. The van der Waals surface area contributed by atoms with Crippen molar-refractivity contribution in [3.63, 3.8) is 0 Å². The molecule has 3 N–H and O–H groups in total. The normalized spacial score (nSPS) is 18.1. The summed E-state index contributed by atoms with van der Waals surface area (Å²) in [6.45, 7) is 2.34. The molecule has 0 aromatic rings. The summed E-state index contributed by atoms with van der Waals surface area (Å²) in [6, 6.07) is -1.33. The fraction of sp³-hybridized carbons (Fsp3) is 0.800. The minimum absolute atomic E-state index is 0.410. The molecule has 18 heavy (non-hydrogen) atoms. The van der Waals surface area contributed by atoms with Crippen molar-refractivity contribution < 1.29 is 19.4 Å². The van der Waals surface area contributed by atoms with Crippen molar-refractivity contribution in [1.82, 2.24) is 15.8 Å². The number of amides is 2. The van der Waals surface area contributed by atoms with Crippen molar-refractivity contribution in [3.8, 4) is 0 Å². The number of rotatable bonds is 6. The number of carboxylic acid groups (broad SMARTS) is 1. The monoisotopic (exact) mass is 277 g/mol. The van der Waals surface area contributed by atoms with E-state index in [0.29, 0.717) is 38.5 Å². The summed E-state index contributed by atoms with van der Waals surface area (Å²) in [5.74, 6) is -0.324. The third kappa shape index (κ3) is 5.56. The van der Waals surface area contributed by atoms with Crippen LogP contribution in [0.5, 0.6) is 0 Å². The molecule has 1 rings (SSSR count). The number of hydrogen-bond donors (Lipinski definition) is 3. The van der Waals surface area contributed by atoms with E-state index in [1.807, 2.05) is 6.26 Å². The lowest BCUT2D eigenvalue weighted by molar-refractivity contribution is -0.139. The van der Waals surface area contributed by atoms with E-state index < -0.39 is 18.0 Å². The first-order valence-electron chi connectivity index (χ1n) is 5.75. The van der Waals surface area contributed by atoms with Gasteiger partial charge in [0.25, 0.3) is 0 Å². The summed E-state index contributed by atoms with van der Waals surface area (Å²) in [4.78, 5) is 22.6. The molecule has 1 aliphatic rings. The zero-order chi connectivity index (χ0) is 13.4. The zero-order valence-electron chi connectivity index (χ0n) is 10.3. The van der Waals surface area contributed by atoms with Gasteiger partial charge >= 0.3 is 12.0 Å². The highest BCUT2D eigenvalue weighted by atomic mass is 32.2. The third-order valence-corrected chi connectivity index (χ3v) is 3.13. The molecule has 1 heterocycles. The second kappa shape index (κ2) is 8.17. The average Bonchev–Trinajstić information content (AvgIpc) is 2.35. The molecule has 8 heteroatoms. The van der Waals surface area contributed by atoms with Crippen LogP contribution < -0.4 is 10.7 Å². The molecule has 1 aliphatic heterocycles. The Morgan fingerprint density at radius 2 is 2.11 bits per heavy atom. The molecule has 104 valence electrons. The number of carbonyl (C=O) groups is 2. The van der Waals surface area contributed by atoms with Gasteiger partial charge in [0.05, 0.1) is 13.2 Å². The van der Waals surface area contributed by atoms with Crippen molar-refractivity contribution >= 4 is 23.8 Å². The quantitative estimate of drug-likeness (QED) is 0.619. The van der Waals surface area contributed by atoms with Gasteiger partial charge in [-0.2, -0.15) is 11.8 Å². The highest BCUT2D eigenvalue weighted by Crippen LogP contribution is 2.01. The Morgan fingerprint density at radius 3 is 2.67 bits per heavy atom. The van der Waals surface area contributed by atoms with Gasteiger partial charge < -0.3 is 15.2 Å². The number of aliphatic carboxylic acids is 1. The molecule has 0 bridgehead atoms. The molecular formula is C10H19N3O4S. The number of hydrazine groups is 1. The molecular weight excluding hydrogens is 258 g/mol. The van der Waals surface area contributed by atoms with Crippen molar-refractivity contribution in [1.29, 1.82) is 0 Å². The minimum Gasteiger partial charge on any atom is -0.480 e. The number of urea groups is 1. The van der Waals surface area contributed by atoms with Crippen LogP contribution in [0.2, 0.25) is 0 Å². The fourth-order valence-corrected chi connectivity index (χ4v) is 1.97. The predicted molar refractivity (Wildman–Crippen MR) is 68.5 cm³/mol. The Labute approximate surface area is 110 Å². The van der Waals surface area contributed by atoms with Crippen LogP contribution in [0.15, 0.2) is 0 Å². The van der Waals surface area contributed by atoms with Crippen molar-refractivity contribution in [2.24, 2.45) is 0 Å². The standard InChI is InChI=1S/C10H19N3O4S/c1-18-7-2-8(9(14)15)11-10(16)12-13-3-5-17-6-4-13/h8H,2-7H2,1H3,(H,14,15)(H2,11,12,16)/t8-/m1/s1. The Hall–Kier alpha value is -0.990. The number of carbonyl (C=O) groups excluding carboxylic acids is 1. The minimum atomic E-state index is -1.01. The lowest BCUT2D eigenvalue weighted by Crippen LogP contribution is -2.54. The van der Waals surface area contributed by atoms with Crippen LogP contribution in [0.4, 0.5) is 4.79 Å². The number of nitrogens with one attached hydrogen (secondary N) is 2. The van der Waals surface area contributed by atoms with Crippen LogP contribution in [0.25, 0.3) is 0 Å². The molecule has 1 atom stereocenters. The Bertz CT molecular complexity index is 284. The summed E-state index contributed by atoms with van der Waals surface area (Å²) in [5, 5.41) is 13.1. The number of nitrogens with zero attached hydrogens (tertiary/aromatic N) is 1. The fourth-order valence-electron chi connectivity index (χ4n) is 1.50. The molecule has 7 nitrogen and oxygen atoms in total. The first-order valence-corrected chi connectivity index (χ1v) is 7.14. The summed E-state index contributed by atoms with van der Waals surface area (Å²) < 4.78 is 5.14. The maximum absolute atomic E-state index is 11.6. The lowest BCUT2D eigenvalue weighted by atomic mass is 10.2. The molecule has 0 unspecified atom stereocenters. The van der Waals surface area contributed by atoms with Gasteiger partial charge in [-0.3, -0.25) is 5.43 Å². The van der Waals surface area contributed by atoms with Gasteiger partial charge in [-0.1, -0.05) is 0 Å². The predicted octanol–water partition coefficient (Wildman–Crippen LogP) is -0.261. The summed E-state index contributed by atoms with van der Waals surface area (Å²) in [6.07, 6.45) is 2.31. The topological polar surface area (TPSA) is 90.9 Å². The second-order valence-electron chi connectivity index (χ2n) is 3.86. The summed E-state index contributed by atoms with van der Waals surface area (Å²) in [5.41, 5.74) is 2.61.